The van der Waals surface area contributed by atoms with Gasteiger partial charge in [0.1, 0.15) is 5.84 Å². The standard InChI is InChI=1S/C16H23N3O/c1-11(2)10-19-14(15(17)18-16(19)20)9-12(3)13-7-5-4-6-8-13/h4-8,11-12,14H,9-10H2,1-3H3,(H2,17,18,20). The van der Waals surface area contributed by atoms with E-state index in [1.54, 1.807) is 4.90 Å². The lowest BCUT2D eigenvalue weighted by atomic mass is 9.93. The predicted molar refractivity (Wildman–Crippen MR) is 81.8 cm³/mol. The molecule has 4 nitrogen and oxygen atoms in total. The van der Waals surface area contributed by atoms with E-state index < -0.39 is 0 Å². The van der Waals surface area contributed by atoms with Gasteiger partial charge in [0.05, 0.1) is 6.04 Å². The van der Waals surface area contributed by atoms with Crippen LogP contribution in [0, 0.1) is 5.92 Å². The van der Waals surface area contributed by atoms with Crippen molar-refractivity contribution in [2.75, 3.05) is 6.54 Å². The summed E-state index contributed by atoms with van der Waals surface area (Å²) in [6.07, 6.45) is 0.817. The van der Waals surface area contributed by atoms with E-state index in [-0.39, 0.29) is 12.1 Å². The van der Waals surface area contributed by atoms with E-state index in [4.69, 9.17) is 5.73 Å². The van der Waals surface area contributed by atoms with E-state index in [0.29, 0.717) is 24.2 Å². The Hall–Kier alpha value is -1.84. The molecule has 1 aromatic rings. The molecular weight excluding hydrogens is 250 g/mol. The number of amides is 2. The number of rotatable bonds is 5. The second-order valence-electron chi connectivity index (χ2n) is 5.93. The summed E-state index contributed by atoms with van der Waals surface area (Å²) in [4.78, 5) is 17.6. The van der Waals surface area contributed by atoms with Gasteiger partial charge in [-0.2, -0.15) is 4.99 Å². The average molecular weight is 273 g/mol. The molecule has 0 spiro atoms. The molecule has 0 saturated carbocycles. The Morgan fingerprint density at radius 2 is 1.90 bits per heavy atom. The van der Waals surface area contributed by atoms with Gasteiger partial charge in [0.25, 0.3) is 0 Å². The largest absolute Gasteiger partial charge is 0.385 e. The minimum absolute atomic E-state index is 0.0693. The molecule has 20 heavy (non-hydrogen) atoms. The second kappa shape index (κ2) is 6.07. The average Bonchev–Trinajstić information content (AvgIpc) is 2.66. The molecule has 0 bridgehead atoms. The highest BCUT2D eigenvalue weighted by atomic mass is 16.2. The number of carbonyl (C=O) groups excluding carboxylic acids is 1. The van der Waals surface area contributed by atoms with E-state index in [1.807, 2.05) is 18.2 Å². The van der Waals surface area contributed by atoms with Gasteiger partial charge in [-0.15, -0.1) is 0 Å². The highest BCUT2D eigenvalue weighted by Crippen LogP contribution is 2.26. The third kappa shape index (κ3) is 3.18. The Kier molecular flexibility index (Phi) is 4.42. The van der Waals surface area contributed by atoms with E-state index >= 15 is 0 Å². The first-order valence-corrected chi connectivity index (χ1v) is 7.18. The predicted octanol–water partition coefficient (Wildman–Crippen LogP) is 3.00. The highest BCUT2D eigenvalue weighted by molar-refractivity contribution is 6.02. The topological polar surface area (TPSA) is 58.7 Å². The van der Waals surface area contributed by atoms with Crippen LogP contribution in [0.3, 0.4) is 0 Å². The highest BCUT2D eigenvalue weighted by Gasteiger charge is 2.34. The molecule has 2 N–H and O–H groups in total. The number of carbonyl (C=O) groups is 1. The van der Waals surface area contributed by atoms with Gasteiger partial charge < -0.3 is 10.6 Å². The van der Waals surface area contributed by atoms with Crippen LogP contribution in [0.25, 0.3) is 0 Å². The molecule has 108 valence electrons. The fourth-order valence-corrected chi connectivity index (χ4v) is 2.64. The molecule has 0 fully saturated rings. The normalized spacial score (nSPS) is 20.4. The van der Waals surface area contributed by atoms with E-state index in [2.05, 4.69) is 37.9 Å². The van der Waals surface area contributed by atoms with Crippen molar-refractivity contribution in [1.82, 2.24) is 4.90 Å². The van der Waals surface area contributed by atoms with Crippen LogP contribution >= 0.6 is 0 Å². The zero-order valence-electron chi connectivity index (χ0n) is 12.4. The third-order valence-corrected chi connectivity index (χ3v) is 3.70. The van der Waals surface area contributed by atoms with Crippen LogP contribution in [0.1, 0.15) is 38.7 Å². The summed E-state index contributed by atoms with van der Waals surface area (Å²) >= 11 is 0. The van der Waals surface area contributed by atoms with Crippen molar-refractivity contribution in [2.45, 2.75) is 39.2 Å². The Morgan fingerprint density at radius 1 is 1.25 bits per heavy atom. The third-order valence-electron chi connectivity index (χ3n) is 3.70. The molecule has 2 amide bonds. The van der Waals surface area contributed by atoms with Crippen LogP contribution in [-0.2, 0) is 0 Å². The molecular formula is C16H23N3O. The van der Waals surface area contributed by atoms with E-state index in [0.717, 1.165) is 6.42 Å². The molecule has 4 heteroatoms. The molecule has 1 heterocycles. The summed E-state index contributed by atoms with van der Waals surface area (Å²) in [6.45, 7) is 7.06. The van der Waals surface area contributed by atoms with Crippen molar-refractivity contribution in [2.24, 2.45) is 16.6 Å². The van der Waals surface area contributed by atoms with Crippen LogP contribution in [0.5, 0.6) is 0 Å². The van der Waals surface area contributed by atoms with Crippen molar-refractivity contribution in [1.29, 1.82) is 0 Å². The zero-order chi connectivity index (χ0) is 14.7. The summed E-state index contributed by atoms with van der Waals surface area (Å²) in [6, 6.07) is 10.0. The maximum absolute atomic E-state index is 11.9. The number of benzene rings is 1. The van der Waals surface area contributed by atoms with Gasteiger partial charge in [0.2, 0.25) is 0 Å². The molecule has 0 saturated heterocycles. The van der Waals surface area contributed by atoms with Crippen LogP contribution in [0.2, 0.25) is 0 Å². The number of nitrogens with two attached hydrogens (primary N) is 1. The first-order valence-electron chi connectivity index (χ1n) is 7.18. The second-order valence-corrected chi connectivity index (χ2v) is 5.93. The SMILES string of the molecule is CC(C)CN1C(=O)N=C(N)C1CC(C)c1ccccc1. The number of hydrogen-bond donors (Lipinski definition) is 1. The van der Waals surface area contributed by atoms with Crippen molar-refractivity contribution in [3.63, 3.8) is 0 Å². The molecule has 2 atom stereocenters. The Labute approximate surface area is 120 Å². The molecule has 2 rings (SSSR count). The fourth-order valence-electron chi connectivity index (χ4n) is 2.64. The Balaban J connectivity index is 2.10. The van der Waals surface area contributed by atoms with E-state index in [9.17, 15) is 4.79 Å². The van der Waals surface area contributed by atoms with Crippen molar-refractivity contribution in [3.05, 3.63) is 35.9 Å². The van der Waals surface area contributed by atoms with Gasteiger partial charge in [-0.05, 0) is 23.8 Å². The van der Waals surface area contributed by atoms with Crippen molar-refractivity contribution >= 4 is 11.9 Å². The Morgan fingerprint density at radius 3 is 2.50 bits per heavy atom. The van der Waals surface area contributed by atoms with Crippen LogP contribution < -0.4 is 5.73 Å². The van der Waals surface area contributed by atoms with Crippen LogP contribution in [-0.4, -0.2) is 29.4 Å². The zero-order valence-corrected chi connectivity index (χ0v) is 12.4. The lowest BCUT2D eigenvalue weighted by Gasteiger charge is -2.28. The number of hydrogen-bond acceptors (Lipinski definition) is 2. The van der Waals surface area contributed by atoms with Crippen LogP contribution in [0.4, 0.5) is 4.79 Å². The van der Waals surface area contributed by atoms with Gasteiger partial charge in [-0.25, -0.2) is 4.79 Å². The summed E-state index contributed by atoms with van der Waals surface area (Å²) in [7, 11) is 0. The number of nitrogens with zero attached hydrogens (tertiary/aromatic N) is 2. The van der Waals surface area contributed by atoms with Gasteiger partial charge >= 0.3 is 6.03 Å². The minimum Gasteiger partial charge on any atom is -0.385 e. The summed E-state index contributed by atoms with van der Waals surface area (Å²) < 4.78 is 0. The smallest absolute Gasteiger partial charge is 0.345 e. The summed E-state index contributed by atoms with van der Waals surface area (Å²) in [5.41, 5.74) is 7.22. The maximum atomic E-state index is 11.9. The van der Waals surface area contributed by atoms with Gasteiger partial charge in [-0.1, -0.05) is 51.1 Å². The molecule has 1 aromatic carbocycles. The molecule has 1 aliphatic rings. The van der Waals surface area contributed by atoms with Gasteiger partial charge in [-0.3, -0.25) is 0 Å². The fraction of sp³-hybridized carbons (Fsp3) is 0.500. The number of amidine groups is 1. The van der Waals surface area contributed by atoms with Crippen molar-refractivity contribution < 1.29 is 4.79 Å². The molecule has 0 aromatic heterocycles. The molecule has 1 aliphatic heterocycles. The number of aliphatic imine (C=N–C) groups is 1. The maximum Gasteiger partial charge on any atom is 0.345 e. The first kappa shape index (κ1) is 14.6. The Bertz CT molecular complexity index is 496. The molecule has 0 aliphatic carbocycles. The lowest BCUT2D eigenvalue weighted by Crippen LogP contribution is -2.43. The van der Waals surface area contributed by atoms with Crippen molar-refractivity contribution in [3.8, 4) is 0 Å². The summed E-state index contributed by atoms with van der Waals surface area (Å²) in [5.74, 6) is 1.21. The van der Waals surface area contributed by atoms with Crippen LogP contribution in [0.15, 0.2) is 35.3 Å². The van der Waals surface area contributed by atoms with Gasteiger partial charge in [0.15, 0.2) is 0 Å². The van der Waals surface area contributed by atoms with Gasteiger partial charge in [0, 0.05) is 6.54 Å². The first-order chi connectivity index (χ1) is 9.49. The number of urea groups is 1. The van der Waals surface area contributed by atoms with E-state index in [1.165, 1.54) is 5.56 Å². The monoisotopic (exact) mass is 273 g/mol. The summed E-state index contributed by atoms with van der Waals surface area (Å²) in [5, 5.41) is 0. The molecule has 0 radical (unpaired) electrons. The molecule has 2 unspecified atom stereocenters. The quantitative estimate of drug-likeness (QED) is 0.896. The lowest BCUT2D eigenvalue weighted by molar-refractivity contribution is 0.194. The minimum atomic E-state index is -0.193.